The van der Waals surface area contributed by atoms with Crippen LogP contribution in [-0.4, -0.2) is 31.6 Å². The van der Waals surface area contributed by atoms with E-state index in [0.717, 1.165) is 22.2 Å². The maximum atomic E-state index is 11.8. The molecule has 114 valence electrons. The largest absolute Gasteiger partial charge is 0.493 e. The Labute approximate surface area is 131 Å². The first-order chi connectivity index (χ1) is 10.0. The third-order valence-electron chi connectivity index (χ3n) is 3.28. The minimum atomic E-state index is -0.514. The molecule has 0 radical (unpaired) electrons. The molecule has 2 rings (SSSR count). The highest BCUT2D eigenvalue weighted by atomic mass is 79.9. The van der Waals surface area contributed by atoms with Crippen LogP contribution >= 0.6 is 15.9 Å². The first-order valence-corrected chi connectivity index (χ1v) is 7.50. The predicted molar refractivity (Wildman–Crippen MR) is 82.2 cm³/mol. The third-order valence-corrected chi connectivity index (χ3v) is 3.74. The first kappa shape index (κ1) is 15.8. The molecule has 0 spiro atoms. The van der Waals surface area contributed by atoms with Crippen molar-refractivity contribution in [2.45, 2.75) is 25.9 Å². The monoisotopic (exact) mass is 355 g/mol. The average Bonchev–Trinajstić information content (AvgIpc) is 2.92. The molecule has 6 nitrogen and oxygen atoms in total. The van der Waals surface area contributed by atoms with Crippen molar-refractivity contribution in [3.05, 3.63) is 27.7 Å². The second-order valence-electron chi connectivity index (χ2n) is 4.82. The van der Waals surface area contributed by atoms with Gasteiger partial charge in [0.05, 0.1) is 12.6 Å². The van der Waals surface area contributed by atoms with Crippen LogP contribution in [0.3, 0.4) is 0 Å². The van der Waals surface area contributed by atoms with Crippen LogP contribution in [0.1, 0.15) is 18.1 Å². The van der Waals surface area contributed by atoms with Gasteiger partial charge < -0.3 is 15.4 Å². The molecule has 21 heavy (non-hydrogen) atoms. The van der Waals surface area contributed by atoms with Gasteiger partial charge in [-0.1, -0.05) is 15.9 Å². The van der Waals surface area contributed by atoms with Crippen molar-refractivity contribution < 1.29 is 14.3 Å². The van der Waals surface area contributed by atoms with E-state index in [0.29, 0.717) is 13.2 Å². The average molecular weight is 356 g/mol. The Morgan fingerprint density at radius 1 is 1.43 bits per heavy atom. The molecule has 3 N–H and O–H groups in total. The van der Waals surface area contributed by atoms with Gasteiger partial charge in [0.25, 0.3) is 0 Å². The van der Waals surface area contributed by atoms with E-state index in [4.69, 9.17) is 4.74 Å². The number of halogens is 1. The van der Waals surface area contributed by atoms with E-state index in [2.05, 4.69) is 31.9 Å². The molecular formula is C14H18BrN3O3. The number of ether oxygens (including phenoxy) is 1. The zero-order valence-electron chi connectivity index (χ0n) is 12.0. The summed E-state index contributed by atoms with van der Waals surface area (Å²) in [5.41, 5.74) is 2.17. The fraction of sp³-hybridized carbons (Fsp3) is 0.429. The molecule has 0 aliphatic carbocycles. The molecule has 1 aliphatic rings. The molecule has 1 heterocycles. The number of amides is 3. The lowest BCUT2D eigenvalue weighted by molar-refractivity contribution is -0.121. The van der Waals surface area contributed by atoms with E-state index in [1.54, 1.807) is 6.92 Å². The van der Waals surface area contributed by atoms with Crippen molar-refractivity contribution in [1.29, 1.82) is 0 Å². The van der Waals surface area contributed by atoms with E-state index in [-0.39, 0.29) is 5.91 Å². The molecule has 0 aromatic heterocycles. The van der Waals surface area contributed by atoms with E-state index >= 15 is 0 Å². The third kappa shape index (κ3) is 3.95. The summed E-state index contributed by atoms with van der Waals surface area (Å²) < 4.78 is 6.63. The number of hydrogen-bond donors (Lipinski definition) is 3. The van der Waals surface area contributed by atoms with Crippen molar-refractivity contribution in [3.8, 4) is 5.75 Å². The predicted octanol–water partition coefficient (Wildman–Crippen LogP) is 1.32. The van der Waals surface area contributed by atoms with Gasteiger partial charge in [-0.15, -0.1) is 0 Å². The highest BCUT2D eigenvalue weighted by Gasteiger charge is 2.19. The van der Waals surface area contributed by atoms with Crippen LogP contribution in [0, 0.1) is 0 Å². The van der Waals surface area contributed by atoms with Gasteiger partial charge in [0.15, 0.2) is 0 Å². The lowest BCUT2D eigenvalue weighted by Gasteiger charge is -2.15. The molecule has 3 amide bonds. The van der Waals surface area contributed by atoms with Crippen molar-refractivity contribution in [3.63, 3.8) is 0 Å². The summed E-state index contributed by atoms with van der Waals surface area (Å²) in [7, 11) is 1.46. The Kier molecular flexibility index (Phi) is 5.19. The zero-order valence-corrected chi connectivity index (χ0v) is 13.5. The number of rotatable bonds is 4. The summed E-state index contributed by atoms with van der Waals surface area (Å²) in [6.45, 7) is 2.88. The lowest BCUT2D eigenvalue weighted by Crippen LogP contribution is -2.47. The normalized spacial score (nSPS) is 14.0. The number of carbonyl (C=O) groups is 2. The van der Waals surface area contributed by atoms with Crippen LogP contribution in [0.4, 0.5) is 4.79 Å². The molecule has 0 bridgehead atoms. The van der Waals surface area contributed by atoms with Crippen LogP contribution in [-0.2, 0) is 17.8 Å². The molecule has 0 saturated heterocycles. The minimum absolute atomic E-state index is 0.373. The summed E-state index contributed by atoms with van der Waals surface area (Å²) in [5, 5.41) is 7.67. The fourth-order valence-corrected chi connectivity index (χ4v) is 2.67. The first-order valence-electron chi connectivity index (χ1n) is 6.71. The number of urea groups is 1. The quantitative estimate of drug-likeness (QED) is 0.760. The number of imide groups is 1. The standard InChI is InChI=1S/C14H18BrN3O3/c1-8(13(19)18-14(20)16-2)17-7-10-6-11(15)5-9-3-4-21-12(9)10/h5-6,8,17H,3-4,7H2,1-2H3,(H2,16,18,19,20). The molecule has 7 heteroatoms. The van der Waals surface area contributed by atoms with Crippen LogP contribution in [0.2, 0.25) is 0 Å². The number of hydrogen-bond acceptors (Lipinski definition) is 4. The fourth-order valence-electron chi connectivity index (χ4n) is 2.12. The van der Waals surface area contributed by atoms with Crippen LogP contribution in [0.5, 0.6) is 5.75 Å². The minimum Gasteiger partial charge on any atom is -0.493 e. The summed E-state index contributed by atoms with van der Waals surface area (Å²) in [6.07, 6.45) is 0.897. The maximum Gasteiger partial charge on any atom is 0.321 e. The zero-order chi connectivity index (χ0) is 15.4. The summed E-state index contributed by atoms with van der Waals surface area (Å²) >= 11 is 3.48. The van der Waals surface area contributed by atoms with Gasteiger partial charge in [-0.2, -0.15) is 0 Å². The maximum absolute atomic E-state index is 11.8. The van der Waals surface area contributed by atoms with Gasteiger partial charge in [0.2, 0.25) is 5.91 Å². The highest BCUT2D eigenvalue weighted by molar-refractivity contribution is 9.10. The van der Waals surface area contributed by atoms with Crippen LogP contribution < -0.4 is 20.7 Å². The van der Waals surface area contributed by atoms with Crippen molar-refractivity contribution >= 4 is 27.9 Å². The Bertz CT molecular complexity index is 563. The van der Waals surface area contributed by atoms with Crippen LogP contribution in [0.25, 0.3) is 0 Å². The lowest BCUT2D eigenvalue weighted by atomic mass is 10.1. The van der Waals surface area contributed by atoms with E-state index in [1.165, 1.54) is 12.6 Å². The Balaban J connectivity index is 1.97. The van der Waals surface area contributed by atoms with Crippen LogP contribution in [0.15, 0.2) is 16.6 Å². The van der Waals surface area contributed by atoms with E-state index in [9.17, 15) is 9.59 Å². The topological polar surface area (TPSA) is 79.5 Å². The Morgan fingerprint density at radius 3 is 2.90 bits per heavy atom. The van der Waals surface area contributed by atoms with E-state index < -0.39 is 12.1 Å². The Hall–Kier alpha value is -1.60. The molecular weight excluding hydrogens is 338 g/mol. The van der Waals surface area contributed by atoms with Crippen molar-refractivity contribution in [2.75, 3.05) is 13.7 Å². The summed E-state index contributed by atoms with van der Waals surface area (Å²) in [5.74, 6) is 0.520. The van der Waals surface area contributed by atoms with Crippen molar-refractivity contribution in [1.82, 2.24) is 16.0 Å². The molecule has 0 saturated carbocycles. The number of fused-ring (bicyclic) bond motifs is 1. The van der Waals surface area contributed by atoms with Gasteiger partial charge >= 0.3 is 6.03 Å². The Morgan fingerprint density at radius 2 is 2.19 bits per heavy atom. The SMILES string of the molecule is CNC(=O)NC(=O)C(C)NCc1cc(Br)cc2c1OCC2. The second-order valence-corrected chi connectivity index (χ2v) is 5.74. The smallest absolute Gasteiger partial charge is 0.321 e. The number of nitrogens with one attached hydrogen (secondary N) is 3. The molecule has 0 fully saturated rings. The van der Waals surface area contributed by atoms with Gasteiger partial charge in [-0.3, -0.25) is 10.1 Å². The molecule has 1 aliphatic heterocycles. The highest BCUT2D eigenvalue weighted by Crippen LogP contribution is 2.32. The molecule has 1 atom stereocenters. The summed E-state index contributed by atoms with van der Waals surface area (Å²) in [6, 6.07) is 3.02. The van der Waals surface area contributed by atoms with Gasteiger partial charge in [0, 0.05) is 30.0 Å². The van der Waals surface area contributed by atoms with Gasteiger partial charge in [-0.05, 0) is 24.6 Å². The number of benzene rings is 1. The molecule has 1 unspecified atom stereocenters. The second kappa shape index (κ2) is 6.91. The van der Waals surface area contributed by atoms with Crippen molar-refractivity contribution in [2.24, 2.45) is 0 Å². The van der Waals surface area contributed by atoms with E-state index in [1.807, 2.05) is 12.1 Å². The number of carbonyl (C=O) groups excluding carboxylic acids is 2. The van der Waals surface area contributed by atoms with Gasteiger partial charge in [0.1, 0.15) is 5.75 Å². The molecule has 1 aromatic rings. The molecule has 1 aromatic carbocycles. The summed E-state index contributed by atoms with van der Waals surface area (Å²) in [4.78, 5) is 22.9. The van der Waals surface area contributed by atoms with Gasteiger partial charge in [-0.25, -0.2) is 4.79 Å².